The van der Waals surface area contributed by atoms with Gasteiger partial charge >= 0.3 is 0 Å². The molecule has 2 saturated heterocycles. The summed E-state index contributed by atoms with van der Waals surface area (Å²) in [5, 5.41) is 2.80. The first kappa shape index (κ1) is 19.8. The molecule has 0 radical (unpaired) electrons. The summed E-state index contributed by atoms with van der Waals surface area (Å²) in [6.45, 7) is 2.14. The molecule has 2 aliphatic heterocycles. The molecule has 3 rings (SSSR count). The second-order valence-corrected chi connectivity index (χ2v) is 8.86. The molecule has 8 nitrogen and oxygen atoms in total. The van der Waals surface area contributed by atoms with Gasteiger partial charge in [-0.1, -0.05) is 6.07 Å². The van der Waals surface area contributed by atoms with Gasteiger partial charge in [-0.2, -0.15) is 0 Å². The molecule has 148 valence electrons. The Morgan fingerprint density at radius 2 is 1.96 bits per heavy atom. The average molecular weight is 395 g/mol. The molecule has 2 heterocycles. The summed E-state index contributed by atoms with van der Waals surface area (Å²) < 4.78 is 30.2. The molecule has 0 spiro atoms. The van der Waals surface area contributed by atoms with Crippen LogP contribution in [0.2, 0.25) is 0 Å². The van der Waals surface area contributed by atoms with Crippen LogP contribution < -0.4 is 5.32 Å². The minimum Gasteiger partial charge on any atom is -0.368 e. The number of nitrogens with zero attached hydrogens (tertiary/aromatic N) is 2. The van der Waals surface area contributed by atoms with Crippen LogP contribution in [0, 0.1) is 0 Å². The lowest BCUT2D eigenvalue weighted by molar-refractivity contribution is -0.124. The van der Waals surface area contributed by atoms with Crippen molar-refractivity contribution in [3.63, 3.8) is 0 Å². The van der Waals surface area contributed by atoms with Gasteiger partial charge in [-0.25, -0.2) is 12.7 Å². The van der Waals surface area contributed by atoms with E-state index in [1.54, 1.807) is 29.2 Å². The van der Waals surface area contributed by atoms with E-state index >= 15 is 0 Å². The van der Waals surface area contributed by atoms with Crippen molar-refractivity contribution in [1.29, 1.82) is 0 Å². The number of sulfonamides is 1. The van der Waals surface area contributed by atoms with Crippen molar-refractivity contribution in [3.05, 3.63) is 29.8 Å². The minimum absolute atomic E-state index is 0.168. The number of carbonyl (C=O) groups excluding carboxylic acids is 2. The van der Waals surface area contributed by atoms with Gasteiger partial charge in [0.15, 0.2) is 0 Å². The molecule has 1 aromatic carbocycles. The van der Waals surface area contributed by atoms with Gasteiger partial charge in [0.05, 0.1) is 6.26 Å². The van der Waals surface area contributed by atoms with E-state index in [9.17, 15) is 18.0 Å². The molecule has 27 heavy (non-hydrogen) atoms. The Kier molecular flexibility index (Phi) is 6.13. The third-order valence-corrected chi connectivity index (χ3v) is 6.11. The van der Waals surface area contributed by atoms with Crippen LogP contribution in [-0.4, -0.2) is 74.6 Å². The van der Waals surface area contributed by atoms with E-state index in [0.717, 1.165) is 6.42 Å². The molecule has 1 unspecified atom stereocenters. The summed E-state index contributed by atoms with van der Waals surface area (Å²) in [5.74, 6) is -0.366. The molecular weight excluding hydrogens is 370 g/mol. The van der Waals surface area contributed by atoms with Gasteiger partial charge < -0.3 is 15.0 Å². The van der Waals surface area contributed by atoms with Gasteiger partial charge in [0.1, 0.15) is 6.10 Å². The molecule has 1 aromatic rings. The predicted molar refractivity (Wildman–Crippen MR) is 101 cm³/mol. The van der Waals surface area contributed by atoms with E-state index in [1.807, 2.05) is 0 Å². The topological polar surface area (TPSA) is 96.0 Å². The number of ether oxygens (including phenoxy) is 1. The van der Waals surface area contributed by atoms with Crippen LogP contribution in [0.4, 0.5) is 5.69 Å². The maximum absolute atomic E-state index is 12.8. The van der Waals surface area contributed by atoms with E-state index in [4.69, 9.17) is 4.74 Å². The molecule has 0 aromatic heterocycles. The predicted octanol–water partition coefficient (Wildman–Crippen LogP) is 0.912. The van der Waals surface area contributed by atoms with Crippen molar-refractivity contribution in [2.24, 2.45) is 0 Å². The average Bonchev–Trinajstić information content (AvgIpc) is 3.04. The van der Waals surface area contributed by atoms with Crippen molar-refractivity contribution < 1.29 is 22.7 Å². The largest absolute Gasteiger partial charge is 0.368 e. The Balaban J connectivity index is 1.65. The molecule has 1 atom stereocenters. The number of hydrogen-bond acceptors (Lipinski definition) is 5. The summed E-state index contributed by atoms with van der Waals surface area (Å²) in [7, 11) is -3.26. The first-order chi connectivity index (χ1) is 12.8. The number of rotatable bonds is 4. The second-order valence-electron chi connectivity index (χ2n) is 6.88. The fraction of sp³-hybridized carbons (Fsp3) is 0.556. The number of carbonyl (C=O) groups is 2. The maximum Gasteiger partial charge on any atom is 0.253 e. The summed E-state index contributed by atoms with van der Waals surface area (Å²) in [4.78, 5) is 26.7. The van der Waals surface area contributed by atoms with Crippen LogP contribution in [0.15, 0.2) is 24.3 Å². The zero-order valence-electron chi connectivity index (χ0n) is 15.4. The molecule has 2 fully saturated rings. The van der Waals surface area contributed by atoms with Crippen molar-refractivity contribution in [1.82, 2.24) is 9.21 Å². The zero-order chi connectivity index (χ0) is 19.4. The first-order valence-electron chi connectivity index (χ1n) is 9.11. The Morgan fingerprint density at radius 3 is 2.67 bits per heavy atom. The lowest BCUT2D eigenvalue weighted by atomic mass is 10.1. The van der Waals surface area contributed by atoms with Crippen molar-refractivity contribution in [3.8, 4) is 0 Å². The quantitative estimate of drug-likeness (QED) is 0.818. The first-order valence-corrected chi connectivity index (χ1v) is 11.0. The molecular formula is C18H25N3O5S. The maximum atomic E-state index is 12.8. The second kappa shape index (κ2) is 8.37. The summed E-state index contributed by atoms with van der Waals surface area (Å²) >= 11 is 0. The van der Waals surface area contributed by atoms with E-state index in [-0.39, 0.29) is 11.8 Å². The fourth-order valence-electron chi connectivity index (χ4n) is 3.35. The molecule has 0 aliphatic carbocycles. The Bertz CT molecular complexity index is 805. The Hall–Kier alpha value is -1.97. The summed E-state index contributed by atoms with van der Waals surface area (Å²) in [5.41, 5.74) is 1.02. The van der Waals surface area contributed by atoms with Gasteiger partial charge in [-0.15, -0.1) is 0 Å². The van der Waals surface area contributed by atoms with E-state index in [2.05, 4.69) is 5.32 Å². The monoisotopic (exact) mass is 395 g/mol. The molecule has 0 saturated carbocycles. The highest BCUT2D eigenvalue weighted by molar-refractivity contribution is 7.88. The van der Waals surface area contributed by atoms with Gasteiger partial charge in [0.2, 0.25) is 10.0 Å². The van der Waals surface area contributed by atoms with Gasteiger partial charge in [-0.3, -0.25) is 9.59 Å². The highest BCUT2D eigenvalue weighted by atomic mass is 32.2. The Morgan fingerprint density at radius 1 is 1.15 bits per heavy atom. The molecule has 0 bridgehead atoms. The van der Waals surface area contributed by atoms with E-state index in [0.29, 0.717) is 56.9 Å². The molecule has 2 amide bonds. The normalized spacial score (nSPS) is 21.7. The number of hydrogen-bond donors (Lipinski definition) is 1. The lowest BCUT2D eigenvalue weighted by Gasteiger charge is -2.21. The van der Waals surface area contributed by atoms with Gasteiger partial charge in [0.25, 0.3) is 11.8 Å². The SMILES string of the molecule is CS(=O)(=O)N1CCCN(C(=O)c2cccc(NC(=O)C3CCCO3)c2)CC1. The third-order valence-electron chi connectivity index (χ3n) is 4.81. The summed E-state index contributed by atoms with van der Waals surface area (Å²) in [6, 6.07) is 6.80. The van der Waals surface area contributed by atoms with E-state index in [1.165, 1.54) is 10.6 Å². The number of benzene rings is 1. The van der Waals surface area contributed by atoms with Crippen LogP contribution >= 0.6 is 0 Å². The van der Waals surface area contributed by atoms with Crippen molar-refractivity contribution in [2.75, 3.05) is 44.4 Å². The molecule has 9 heteroatoms. The lowest BCUT2D eigenvalue weighted by Crippen LogP contribution is -2.37. The third kappa shape index (κ3) is 5.06. The smallest absolute Gasteiger partial charge is 0.253 e. The minimum atomic E-state index is -3.26. The highest BCUT2D eigenvalue weighted by Gasteiger charge is 2.26. The summed E-state index contributed by atoms with van der Waals surface area (Å²) in [6.07, 6.45) is 2.92. The molecule has 1 N–H and O–H groups in total. The van der Waals surface area contributed by atoms with E-state index < -0.39 is 16.1 Å². The van der Waals surface area contributed by atoms with Crippen molar-refractivity contribution >= 4 is 27.5 Å². The van der Waals surface area contributed by atoms with Gasteiger partial charge in [-0.05, 0) is 37.5 Å². The molecule has 2 aliphatic rings. The van der Waals surface area contributed by atoms with Crippen LogP contribution in [0.5, 0.6) is 0 Å². The number of anilines is 1. The zero-order valence-corrected chi connectivity index (χ0v) is 16.2. The number of nitrogens with one attached hydrogen (secondary N) is 1. The van der Waals surface area contributed by atoms with Crippen LogP contribution in [-0.2, 0) is 19.6 Å². The fourth-order valence-corrected chi connectivity index (χ4v) is 4.22. The van der Waals surface area contributed by atoms with Crippen LogP contribution in [0.1, 0.15) is 29.6 Å². The van der Waals surface area contributed by atoms with Crippen LogP contribution in [0.25, 0.3) is 0 Å². The Labute approximate surface area is 159 Å². The van der Waals surface area contributed by atoms with Gasteiger partial charge in [0, 0.05) is 44.0 Å². The highest BCUT2D eigenvalue weighted by Crippen LogP contribution is 2.18. The standard InChI is InChI=1S/C18H25N3O5S/c1-27(24,25)21-9-4-8-20(10-11-21)18(23)14-5-2-6-15(13-14)19-17(22)16-7-3-12-26-16/h2,5-6,13,16H,3-4,7-12H2,1H3,(H,19,22). The number of amides is 2. The van der Waals surface area contributed by atoms with Crippen LogP contribution in [0.3, 0.4) is 0 Å². The van der Waals surface area contributed by atoms with Crippen molar-refractivity contribution in [2.45, 2.75) is 25.4 Å².